The van der Waals surface area contributed by atoms with Crippen LogP contribution in [-0.4, -0.2) is 16.5 Å². The predicted octanol–water partition coefficient (Wildman–Crippen LogP) is 7.45. The summed E-state index contributed by atoms with van der Waals surface area (Å²) in [7, 11) is 0. The summed E-state index contributed by atoms with van der Waals surface area (Å²) in [6, 6.07) is 28.5. The monoisotopic (exact) mass is 450 g/mol. The summed E-state index contributed by atoms with van der Waals surface area (Å²) in [6.07, 6.45) is 4.48. The van der Waals surface area contributed by atoms with Gasteiger partial charge in [0.25, 0.3) is 0 Å². The van der Waals surface area contributed by atoms with Crippen LogP contribution in [0.25, 0.3) is 0 Å². The Labute approximate surface area is 195 Å². The molecule has 0 radical (unpaired) electrons. The minimum absolute atomic E-state index is 0.0371. The summed E-state index contributed by atoms with van der Waals surface area (Å²) in [5.41, 5.74) is 4.35. The summed E-state index contributed by atoms with van der Waals surface area (Å²) in [6.45, 7) is 0. The van der Waals surface area contributed by atoms with Gasteiger partial charge in [-0.05, 0) is 48.3 Å². The van der Waals surface area contributed by atoms with Crippen molar-refractivity contribution in [1.29, 1.82) is 0 Å². The average molecular weight is 451 g/mol. The lowest BCUT2D eigenvalue weighted by Crippen LogP contribution is -2.17. The second-order valence-electron chi connectivity index (χ2n) is 8.54. The highest BCUT2D eigenvalue weighted by molar-refractivity contribution is 6.25. The van der Waals surface area contributed by atoms with Gasteiger partial charge in [-0.2, -0.15) is 0 Å². The van der Waals surface area contributed by atoms with Gasteiger partial charge in [0.15, 0.2) is 5.78 Å². The van der Waals surface area contributed by atoms with Gasteiger partial charge in [0, 0.05) is 28.7 Å². The van der Waals surface area contributed by atoms with Crippen molar-refractivity contribution in [2.75, 3.05) is 0 Å². The van der Waals surface area contributed by atoms with Crippen molar-refractivity contribution < 1.29 is 4.79 Å². The number of carbonyl (C=O) groups is 1. The van der Waals surface area contributed by atoms with Crippen molar-refractivity contribution in [2.24, 2.45) is 5.92 Å². The normalized spacial score (nSPS) is 23.0. The lowest BCUT2D eigenvalue weighted by molar-refractivity contribution is 0.0993. The van der Waals surface area contributed by atoms with Crippen LogP contribution in [0.2, 0.25) is 0 Å². The molecule has 31 heavy (non-hydrogen) atoms. The van der Waals surface area contributed by atoms with Crippen LogP contribution in [0.4, 0.5) is 0 Å². The maximum Gasteiger partial charge on any atom is 0.167 e. The van der Waals surface area contributed by atoms with Crippen LogP contribution in [0.1, 0.15) is 52.2 Å². The number of rotatable bonds is 8. The van der Waals surface area contributed by atoms with Crippen LogP contribution in [-0.2, 0) is 12.8 Å². The lowest BCUT2D eigenvalue weighted by Gasteiger charge is -2.24. The SMILES string of the molecule is O=C(Cc1ccccc1)c1ccc(C2C(Cl)CC(Cl)C2CCCc2ccccc2)cc1. The van der Waals surface area contributed by atoms with E-state index < -0.39 is 0 Å². The van der Waals surface area contributed by atoms with Crippen molar-refractivity contribution in [3.63, 3.8) is 0 Å². The molecule has 3 aromatic carbocycles. The zero-order chi connectivity index (χ0) is 21.6. The number of ketones is 1. The number of carbonyl (C=O) groups excluding carboxylic acids is 1. The highest BCUT2D eigenvalue weighted by atomic mass is 35.5. The van der Waals surface area contributed by atoms with E-state index in [-0.39, 0.29) is 22.5 Å². The molecular formula is C28H28Cl2O. The Morgan fingerprint density at radius 3 is 2.03 bits per heavy atom. The predicted molar refractivity (Wildman–Crippen MR) is 130 cm³/mol. The molecule has 1 aliphatic carbocycles. The Balaban J connectivity index is 1.41. The van der Waals surface area contributed by atoms with Crippen molar-refractivity contribution in [3.05, 3.63) is 107 Å². The van der Waals surface area contributed by atoms with Gasteiger partial charge in [0.1, 0.15) is 0 Å². The third-order valence-electron chi connectivity index (χ3n) is 6.44. The third kappa shape index (κ3) is 5.59. The molecule has 0 heterocycles. The molecule has 0 amide bonds. The molecule has 160 valence electrons. The summed E-state index contributed by atoms with van der Waals surface area (Å²) >= 11 is 13.5. The van der Waals surface area contributed by atoms with Gasteiger partial charge in [0.2, 0.25) is 0 Å². The first-order valence-electron chi connectivity index (χ1n) is 11.1. The van der Waals surface area contributed by atoms with E-state index in [1.54, 1.807) is 0 Å². The number of alkyl halides is 2. The van der Waals surface area contributed by atoms with Gasteiger partial charge < -0.3 is 0 Å². The number of hydrogen-bond acceptors (Lipinski definition) is 1. The van der Waals surface area contributed by atoms with Crippen LogP contribution in [0.3, 0.4) is 0 Å². The maximum absolute atomic E-state index is 12.7. The number of hydrogen-bond donors (Lipinski definition) is 0. The van der Waals surface area contributed by atoms with E-state index in [2.05, 4.69) is 42.5 Å². The molecular weight excluding hydrogens is 423 g/mol. The molecule has 3 heteroatoms. The fraction of sp³-hybridized carbons (Fsp3) is 0.321. The van der Waals surface area contributed by atoms with Gasteiger partial charge in [-0.15, -0.1) is 23.2 Å². The van der Waals surface area contributed by atoms with Crippen molar-refractivity contribution >= 4 is 29.0 Å². The number of benzene rings is 3. The van der Waals surface area contributed by atoms with E-state index in [1.165, 1.54) is 11.1 Å². The van der Waals surface area contributed by atoms with E-state index in [9.17, 15) is 4.79 Å². The minimum atomic E-state index is 0.0371. The van der Waals surface area contributed by atoms with E-state index in [4.69, 9.17) is 23.2 Å². The van der Waals surface area contributed by atoms with Crippen molar-refractivity contribution in [2.45, 2.75) is 48.8 Å². The fourth-order valence-corrected chi connectivity index (χ4v) is 5.90. The molecule has 1 saturated carbocycles. The molecule has 1 nitrogen and oxygen atoms in total. The Bertz CT molecular complexity index is 969. The van der Waals surface area contributed by atoms with Gasteiger partial charge in [0.05, 0.1) is 0 Å². The van der Waals surface area contributed by atoms with Crippen LogP contribution in [0.5, 0.6) is 0 Å². The van der Waals surface area contributed by atoms with Crippen LogP contribution >= 0.6 is 23.2 Å². The molecule has 4 rings (SSSR count). The standard InChI is InChI=1S/C28H28Cl2O/c29-25-19-26(30)28(24(25)13-7-12-20-8-3-1-4-9-20)23-16-14-22(15-17-23)27(31)18-21-10-5-2-6-11-21/h1-6,8-11,14-17,24-26,28H,7,12-13,18-19H2. The maximum atomic E-state index is 12.7. The zero-order valence-corrected chi connectivity index (χ0v) is 19.1. The molecule has 0 N–H and O–H groups in total. The topological polar surface area (TPSA) is 17.1 Å². The molecule has 0 bridgehead atoms. The number of halogens is 2. The van der Waals surface area contributed by atoms with Gasteiger partial charge in [-0.1, -0.05) is 84.9 Å². The smallest absolute Gasteiger partial charge is 0.167 e. The quantitative estimate of drug-likeness (QED) is 0.257. The highest BCUT2D eigenvalue weighted by Gasteiger charge is 2.41. The number of Topliss-reactive ketones (excluding diaryl/α,β-unsaturated/α-hetero) is 1. The Morgan fingerprint density at radius 2 is 1.39 bits per heavy atom. The van der Waals surface area contributed by atoms with E-state index >= 15 is 0 Å². The minimum Gasteiger partial charge on any atom is -0.294 e. The molecule has 0 spiro atoms. The molecule has 1 aliphatic rings. The second-order valence-corrected chi connectivity index (χ2v) is 9.66. The van der Waals surface area contributed by atoms with Gasteiger partial charge in [-0.3, -0.25) is 4.79 Å². The Morgan fingerprint density at radius 1 is 0.774 bits per heavy atom. The molecule has 4 unspecified atom stereocenters. The summed E-state index contributed by atoms with van der Waals surface area (Å²) < 4.78 is 0. The van der Waals surface area contributed by atoms with Crippen LogP contribution in [0.15, 0.2) is 84.9 Å². The van der Waals surface area contributed by atoms with Crippen LogP contribution in [0, 0.1) is 5.92 Å². The summed E-state index contributed by atoms with van der Waals surface area (Å²) in [5, 5.41) is 0.137. The lowest BCUT2D eigenvalue weighted by atomic mass is 9.84. The first-order chi connectivity index (χ1) is 15.1. The molecule has 4 atom stereocenters. The Kier molecular flexibility index (Phi) is 7.48. The van der Waals surface area contributed by atoms with Gasteiger partial charge in [-0.25, -0.2) is 0 Å². The average Bonchev–Trinajstić information content (AvgIpc) is 3.08. The van der Waals surface area contributed by atoms with Crippen molar-refractivity contribution in [1.82, 2.24) is 0 Å². The summed E-state index contributed by atoms with van der Waals surface area (Å²) in [5.74, 6) is 0.734. The second kappa shape index (κ2) is 10.5. The number of aryl methyl sites for hydroxylation is 1. The Hall–Kier alpha value is -2.09. The largest absolute Gasteiger partial charge is 0.294 e. The van der Waals surface area contributed by atoms with Crippen molar-refractivity contribution in [3.8, 4) is 0 Å². The third-order valence-corrected chi connectivity index (χ3v) is 7.39. The van der Waals surface area contributed by atoms with E-state index in [0.29, 0.717) is 12.3 Å². The summed E-state index contributed by atoms with van der Waals surface area (Å²) in [4.78, 5) is 12.7. The molecule has 1 fully saturated rings. The molecule has 0 saturated heterocycles. The zero-order valence-electron chi connectivity index (χ0n) is 17.6. The van der Waals surface area contributed by atoms with E-state index in [0.717, 1.165) is 36.8 Å². The fourth-order valence-electron chi connectivity index (χ4n) is 4.81. The first kappa shape index (κ1) is 22.1. The molecule has 3 aromatic rings. The molecule has 0 aromatic heterocycles. The highest BCUT2D eigenvalue weighted by Crippen LogP contribution is 2.47. The van der Waals surface area contributed by atoms with Crippen LogP contribution < -0.4 is 0 Å². The van der Waals surface area contributed by atoms with E-state index in [1.807, 2.05) is 42.5 Å². The van der Waals surface area contributed by atoms with Gasteiger partial charge >= 0.3 is 0 Å². The first-order valence-corrected chi connectivity index (χ1v) is 12.0. The molecule has 0 aliphatic heterocycles.